The zero-order valence-corrected chi connectivity index (χ0v) is 37.8. The van der Waals surface area contributed by atoms with Crippen molar-refractivity contribution in [2.45, 2.75) is 198 Å². The Morgan fingerprint density at radius 2 is 1.28 bits per heavy atom. The fraction of sp³-hybridized carbons (Fsp3) is 0.977. The average molecular weight is 829 g/mol. The maximum Gasteiger partial charge on any atom is 0.311 e. The summed E-state index contributed by atoms with van der Waals surface area (Å²) in [5.41, 5.74) is -1.32. The molecule has 0 aromatic carbocycles. The van der Waals surface area contributed by atoms with Gasteiger partial charge < -0.3 is 62.7 Å². The first-order valence-corrected chi connectivity index (χ1v) is 21.8. The zero-order valence-electron chi connectivity index (χ0n) is 37.8. The molecule has 58 heavy (non-hydrogen) atoms. The van der Waals surface area contributed by atoms with Crippen LogP contribution in [0.2, 0.25) is 0 Å². The van der Waals surface area contributed by atoms with Crippen LogP contribution in [0.4, 0.5) is 0 Å². The molecule has 6 heterocycles. The van der Waals surface area contributed by atoms with Gasteiger partial charge in [-0.2, -0.15) is 0 Å². The van der Waals surface area contributed by atoms with Crippen molar-refractivity contribution in [3.05, 3.63) is 0 Å². The third-order valence-electron chi connectivity index (χ3n) is 16.3. The molecule has 6 aliphatic rings. The van der Waals surface area contributed by atoms with Gasteiger partial charge in [0, 0.05) is 82.7 Å². The van der Waals surface area contributed by atoms with Crippen LogP contribution in [0.1, 0.15) is 108 Å². The van der Waals surface area contributed by atoms with Gasteiger partial charge in [-0.05, 0) is 47.0 Å². The van der Waals surface area contributed by atoms with E-state index in [1.807, 2.05) is 20.8 Å². The highest BCUT2D eigenvalue weighted by Crippen LogP contribution is 2.55. The van der Waals surface area contributed by atoms with Crippen LogP contribution in [0.5, 0.6) is 0 Å². The molecule has 0 bridgehead atoms. The number of aliphatic carboxylic acids is 1. The standard InChI is InChI=1S/C44H76O14/c1-21-29(49-12)20-43(56-31(21)22(2)32-23(3)34(51-14)27(7)44(48,57-32)28(8)39(45)46)19-18-40(9,58-43)30-16-17-41(10,54-30)38-25(5)35(52-15)37(53-38)36-24(4)33(50-13)26(6)42(11,47)55-36/h21-38,47-48H,16-20H2,1-15H3,(H,45,46)/t21-,22-,23+,24+,25+,26-,27-,28-,29+,30-,31+,32-,33+,34+,35-,36+,37?,38-,40+,41+,42+,43?,44-/m1/s1. The number of hydrogen-bond donors (Lipinski definition) is 3. The number of methoxy groups -OCH3 is 4. The molecule has 3 N–H and O–H groups in total. The van der Waals surface area contributed by atoms with Gasteiger partial charge in [0.1, 0.15) is 12.0 Å². The minimum Gasteiger partial charge on any atom is -0.481 e. The number of carboxylic acid groups (broad SMARTS) is 1. The Labute approximate surface area is 346 Å². The fourth-order valence-electron chi connectivity index (χ4n) is 12.5. The van der Waals surface area contributed by atoms with E-state index in [1.54, 1.807) is 42.3 Å². The van der Waals surface area contributed by atoms with Crippen LogP contribution in [-0.2, 0) is 52.2 Å². The summed E-state index contributed by atoms with van der Waals surface area (Å²) < 4.78 is 65.4. The van der Waals surface area contributed by atoms with Crippen LogP contribution < -0.4 is 0 Å². The van der Waals surface area contributed by atoms with Crippen molar-refractivity contribution in [2.24, 2.45) is 47.3 Å². The van der Waals surface area contributed by atoms with E-state index in [0.717, 1.165) is 12.8 Å². The van der Waals surface area contributed by atoms with Crippen LogP contribution in [0.15, 0.2) is 0 Å². The Bertz CT molecular complexity index is 1450. The molecule has 0 amide bonds. The van der Waals surface area contributed by atoms with Crippen molar-refractivity contribution >= 4 is 5.97 Å². The molecule has 0 aromatic rings. The molecular weight excluding hydrogens is 752 g/mol. The second-order valence-corrected chi connectivity index (χ2v) is 19.9. The van der Waals surface area contributed by atoms with Crippen LogP contribution in [-0.4, -0.2) is 139 Å². The van der Waals surface area contributed by atoms with E-state index in [1.165, 1.54) is 6.92 Å². The summed E-state index contributed by atoms with van der Waals surface area (Å²) in [7, 11) is 6.70. The van der Waals surface area contributed by atoms with Gasteiger partial charge in [-0.25, -0.2) is 0 Å². The summed E-state index contributed by atoms with van der Waals surface area (Å²) in [6, 6.07) is 0. The first kappa shape index (κ1) is 46.5. The predicted molar refractivity (Wildman–Crippen MR) is 212 cm³/mol. The molecule has 14 nitrogen and oxygen atoms in total. The first-order valence-electron chi connectivity index (χ1n) is 21.8. The molecule has 14 heteroatoms. The molecule has 6 aliphatic heterocycles. The molecule has 336 valence electrons. The quantitative estimate of drug-likeness (QED) is 0.249. The summed E-state index contributed by atoms with van der Waals surface area (Å²) in [4.78, 5) is 12.2. The Morgan fingerprint density at radius 3 is 1.86 bits per heavy atom. The summed E-state index contributed by atoms with van der Waals surface area (Å²) in [5, 5.41) is 33.1. The van der Waals surface area contributed by atoms with Crippen molar-refractivity contribution < 1.29 is 67.5 Å². The average Bonchev–Trinajstić information content (AvgIpc) is 3.85. The smallest absolute Gasteiger partial charge is 0.311 e. The third-order valence-corrected chi connectivity index (χ3v) is 16.3. The molecule has 6 fully saturated rings. The van der Waals surface area contributed by atoms with Gasteiger partial charge in [0.25, 0.3) is 0 Å². The molecule has 23 atom stereocenters. The lowest BCUT2D eigenvalue weighted by Gasteiger charge is -2.55. The van der Waals surface area contributed by atoms with E-state index >= 15 is 0 Å². The largest absolute Gasteiger partial charge is 0.481 e. The van der Waals surface area contributed by atoms with Crippen LogP contribution >= 0.6 is 0 Å². The van der Waals surface area contributed by atoms with Gasteiger partial charge in [0.05, 0.1) is 66.1 Å². The number of rotatable bonds is 11. The molecule has 2 unspecified atom stereocenters. The second-order valence-electron chi connectivity index (χ2n) is 19.9. The highest BCUT2D eigenvalue weighted by molar-refractivity contribution is 5.70. The van der Waals surface area contributed by atoms with Gasteiger partial charge in [-0.3, -0.25) is 4.79 Å². The fourth-order valence-corrected chi connectivity index (χ4v) is 12.5. The monoisotopic (exact) mass is 829 g/mol. The van der Waals surface area contributed by atoms with Crippen LogP contribution in [0, 0.1) is 47.3 Å². The molecule has 0 aliphatic carbocycles. The Hall–Kier alpha value is -1.01. The number of aliphatic hydroxyl groups is 2. The first-order chi connectivity index (χ1) is 27.0. The minimum atomic E-state index is -1.95. The van der Waals surface area contributed by atoms with Crippen LogP contribution in [0.25, 0.3) is 0 Å². The second kappa shape index (κ2) is 16.6. The molecule has 0 radical (unpaired) electrons. The number of hydrogen-bond acceptors (Lipinski definition) is 13. The number of carboxylic acids is 1. The van der Waals surface area contributed by atoms with Gasteiger partial charge in [-0.15, -0.1) is 0 Å². The molecule has 6 rings (SSSR count). The summed E-state index contributed by atoms with van der Waals surface area (Å²) >= 11 is 0. The molecule has 6 saturated heterocycles. The van der Waals surface area contributed by atoms with Crippen molar-refractivity contribution in [2.75, 3.05) is 28.4 Å². The van der Waals surface area contributed by atoms with E-state index < -0.39 is 76.9 Å². The van der Waals surface area contributed by atoms with Gasteiger partial charge in [-0.1, -0.05) is 48.5 Å². The minimum absolute atomic E-state index is 0.0300. The van der Waals surface area contributed by atoms with Crippen molar-refractivity contribution in [1.82, 2.24) is 0 Å². The summed E-state index contributed by atoms with van der Waals surface area (Å²) in [5.74, 6) is -8.04. The van der Waals surface area contributed by atoms with E-state index in [0.29, 0.717) is 19.3 Å². The Morgan fingerprint density at radius 1 is 0.672 bits per heavy atom. The normalized spacial score (nSPS) is 54.8. The van der Waals surface area contributed by atoms with Crippen molar-refractivity contribution in [3.63, 3.8) is 0 Å². The maximum absolute atomic E-state index is 12.2. The Balaban J connectivity index is 1.19. The topological polar surface area (TPSA) is 170 Å². The zero-order chi connectivity index (χ0) is 43.1. The van der Waals surface area contributed by atoms with E-state index in [4.69, 9.17) is 47.4 Å². The van der Waals surface area contributed by atoms with Gasteiger partial charge in [0.2, 0.25) is 0 Å². The van der Waals surface area contributed by atoms with Gasteiger partial charge in [0.15, 0.2) is 17.4 Å². The van der Waals surface area contributed by atoms with E-state index in [-0.39, 0.29) is 66.0 Å². The SMILES string of the molecule is CO[C@H]1[C@@H](C)[C@@H]([C@H](C)[C@H]2OC3(CC[C@@](C)([C@H]4CC[C@@](C)([C@@H]5OC([C@H]6O[C@](C)(O)[C@H](C)[C@@H](OC)[C@@H]6C)[C@H](OC)[C@@H]5C)O4)O3)C[C@H](OC)[C@H]2C)O[C@@](O)([C@H](C)C(=O)O)[C@@H]1C. The maximum atomic E-state index is 12.2. The lowest BCUT2D eigenvalue weighted by atomic mass is 9.71. The summed E-state index contributed by atoms with van der Waals surface area (Å²) in [6.45, 7) is 21.6. The highest BCUT2D eigenvalue weighted by Gasteiger charge is 2.64. The highest BCUT2D eigenvalue weighted by atomic mass is 16.7. The van der Waals surface area contributed by atoms with Gasteiger partial charge >= 0.3 is 5.97 Å². The lowest BCUT2D eigenvalue weighted by Crippen LogP contribution is -2.65. The number of ether oxygens (including phenoxy) is 10. The molecular formula is C44H76O14. The van der Waals surface area contributed by atoms with Crippen LogP contribution in [0.3, 0.4) is 0 Å². The van der Waals surface area contributed by atoms with E-state index in [9.17, 15) is 20.1 Å². The third kappa shape index (κ3) is 7.62. The molecule has 0 saturated carbocycles. The lowest BCUT2D eigenvalue weighted by molar-refractivity contribution is -0.366. The number of carbonyl (C=O) groups is 1. The Kier molecular flexibility index (Phi) is 13.3. The molecule has 1 spiro atoms. The summed E-state index contributed by atoms with van der Waals surface area (Å²) in [6.07, 6.45) is -0.175. The van der Waals surface area contributed by atoms with Crippen molar-refractivity contribution in [1.29, 1.82) is 0 Å². The van der Waals surface area contributed by atoms with Crippen molar-refractivity contribution in [3.8, 4) is 0 Å². The van der Waals surface area contributed by atoms with E-state index in [2.05, 4.69) is 34.6 Å². The predicted octanol–water partition coefficient (Wildman–Crippen LogP) is 5.17. The molecule has 0 aromatic heterocycles.